The minimum absolute atomic E-state index is 0.0748. The predicted octanol–water partition coefficient (Wildman–Crippen LogP) is 3.87. The van der Waals surface area contributed by atoms with Gasteiger partial charge in [-0.15, -0.1) is 0 Å². The van der Waals surface area contributed by atoms with Crippen LogP contribution in [0.1, 0.15) is 17.5 Å². The molecule has 3 aromatic rings. The van der Waals surface area contributed by atoms with Gasteiger partial charge in [0.25, 0.3) is 10.0 Å². The SMILES string of the molecule is Cc1ccc(S(=O)(=O)n2cc(CCCO)c3cc(Br)ccc32)cc1. The fourth-order valence-electron chi connectivity index (χ4n) is 2.73. The summed E-state index contributed by atoms with van der Waals surface area (Å²) in [5.74, 6) is 0. The minimum atomic E-state index is -3.66. The zero-order valence-electron chi connectivity index (χ0n) is 13.2. The lowest BCUT2D eigenvalue weighted by molar-refractivity contribution is 0.289. The number of fused-ring (bicyclic) bond motifs is 1. The smallest absolute Gasteiger partial charge is 0.268 e. The molecule has 0 aliphatic carbocycles. The maximum atomic E-state index is 13.0. The molecule has 6 heteroatoms. The van der Waals surface area contributed by atoms with Gasteiger partial charge in [0.15, 0.2) is 0 Å². The second kappa shape index (κ2) is 6.70. The van der Waals surface area contributed by atoms with Crippen molar-refractivity contribution in [3.8, 4) is 0 Å². The average molecular weight is 408 g/mol. The lowest BCUT2D eigenvalue weighted by atomic mass is 10.1. The van der Waals surface area contributed by atoms with Crippen molar-refractivity contribution in [3.63, 3.8) is 0 Å². The van der Waals surface area contributed by atoms with E-state index in [1.54, 1.807) is 36.5 Å². The van der Waals surface area contributed by atoms with Crippen LogP contribution in [0.5, 0.6) is 0 Å². The Balaban J connectivity index is 2.20. The molecule has 126 valence electrons. The first-order valence-electron chi connectivity index (χ1n) is 7.66. The van der Waals surface area contributed by atoms with Gasteiger partial charge >= 0.3 is 0 Å². The third-order valence-corrected chi connectivity index (χ3v) is 6.18. The minimum Gasteiger partial charge on any atom is -0.396 e. The molecule has 1 heterocycles. The van der Waals surface area contributed by atoms with Crippen LogP contribution in [0, 0.1) is 6.92 Å². The monoisotopic (exact) mass is 407 g/mol. The summed E-state index contributed by atoms with van der Waals surface area (Å²) in [6, 6.07) is 12.4. The van der Waals surface area contributed by atoms with E-state index < -0.39 is 10.0 Å². The first kappa shape index (κ1) is 17.2. The van der Waals surface area contributed by atoms with Crippen LogP contribution in [0.4, 0.5) is 0 Å². The van der Waals surface area contributed by atoms with Crippen LogP contribution in [0.25, 0.3) is 10.9 Å². The molecule has 0 aliphatic rings. The van der Waals surface area contributed by atoms with Crippen LogP contribution < -0.4 is 0 Å². The Bertz CT molecular complexity index is 975. The Labute approximate surface area is 149 Å². The third kappa shape index (κ3) is 3.14. The fourth-order valence-corrected chi connectivity index (χ4v) is 4.48. The number of benzene rings is 2. The van der Waals surface area contributed by atoms with Crippen molar-refractivity contribution in [1.29, 1.82) is 0 Å². The summed E-state index contributed by atoms with van der Waals surface area (Å²) in [4.78, 5) is 0.265. The molecule has 0 atom stereocenters. The molecule has 0 unspecified atom stereocenters. The van der Waals surface area contributed by atoms with E-state index in [4.69, 9.17) is 5.11 Å². The van der Waals surface area contributed by atoms with Crippen LogP contribution in [0.2, 0.25) is 0 Å². The predicted molar refractivity (Wildman–Crippen MR) is 98.8 cm³/mol. The van der Waals surface area contributed by atoms with Crippen molar-refractivity contribution in [2.45, 2.75) is 24.7 Å². The quantitative estimate of drug-likeness (QED) is 0.697. The summed E-state index contributed by atoms with van der Waals surface area (Å²) in [7, 11) is -3.66. The molecule has 1 aromatic heterocycles. The zero-order valence-corrected chi connectivity index (χ0v) is 15.6. The van der Waals surface area contributed by atoms with E-state index in [1.807, 2.05) is 19.1 Å². The maximum absolute atomic E-state index is 13.0. The molecule has 3 rings (SSSR count). The molecule has 2 aromatic carbocycles. The molecular weight excluding hydrogens is 390 g/mol. The van der Waals surface area contributed by atoms with Crippen molar-refractivity contribution < 1.29 is 13.5 Å². The second-order valence-corrected chi connectivity index (χ2v) is 8.49. The molecule has 24 heavy (non-hydrogen) atoms. The lowest BCUT2D eigenvalue weighted by Gasteiger charge is -2.08. The second-order valence-electron chi connectivity index (χ2n) is 5.76. The van der Waals surface area contributed by atoms with Gasteiger partial charge in [-0.05, 0) is 55.7 Å². The number of aliphatic hydroxyl groups excluding tert-OH is 1. The molecule has 0 saturated heterocycles. The van der Waals surface area contributed by atoms with E-state index in [0.29, 0.717) is 18.4 Å². The molecule has 4 nitrogen and oxygen atoms in total. The van der Waals surface area contributed by atoms with Gasteiger partial charge in [-0.25, -0.2) is 12.4 Å². The number of hydrogen-bond acceptors (Lipinski definition) is 3. The van der Waals surface area contributed by atoms with E-state index in [-0.39, 0.29) is 11.5 Å². The normalized spacial score (nSPS) is 12.0. The number of halogens is 1. The molecule has 0 amide bonds. The van der Waals surface area contributed by atoms with Crippen molar-refractivity contribution in [2.24, 2.45) is 0 Å². The summed E-state index contributed by atoms with van der Waals surface area (Å²) in [6.07, 6.45) is 2.89. The summed E-state index contributed by atoms with van der Waals surface area (Å²) in [5.41, 5.74) is 2.57. The summed E-state index contributed by atoms with van der Waals surface area (Å²) < 4.78 is 28.3. The average Bonchev–Trinajstić information content (AvgIpc) is 2.92. The number of aliphatic hydroxyl groups is 1. The molecule has 1 N–H and O–H groups in total. The first-order chi connectivity index (χ1) is 11.4. The van der Waals surface area contributed by atoms with E-state index in [0.717, 1.165) is 21.0 Å². The van der Waals surface area contributed by atoms with Gasteiger partial charge in [-0.2, -0.15) is 0 Å². The van der Waals surface area contributed by atoms with Crippen LogP contribution in [-0.4, -0.2) is 24.1 Å². The highest BCUT2D eigenvalue weighted by Crippen LogP contribution is 2.29. The zero-order chi connectivity index (χ0) is 17.3. The number of hydrogen-bond donors (Lipinski definition) is 1. The largest absolute Gasteiger partial charge is 0.396 e. The fraction of sp³-hybridized carbons (Fsp3) is 0.222. The summed E-state index contributed by atoms with van der Waals surface area (Å²) >= 11 is 3.44. The topological polar surface area (TPSA) is 59.3 Å². The van der Waals surface area contributed by atoms with Crippen molar-refractivity contribution >= 4 is 36.9 Å². The highest BCUT2D eigenvalue weighted by Gasteiger charge is 2.21. The van der Waals surface area contributed by atoms with Gasteiger partial charge in [0.2, 0.25) is 0 Å². The Kier molecular flexibility index (Phi) is 4.80. The Hall–Kier alpha value is -1.63. The Morgan fingerprint density at radius 3 is 2.50 bits per heavy atom. The maximum Gasteiger partial charge on any atom is 0.268 e. The number of aryl methyl sites for hydroxylation is 2. The highest BCUT2D eigenvalue weighted by atomic mass is 79.9. The van der Waals surface area contributed by atoms with E-state index in [1.165, 1.54) is 3.97 Å². The van der Waals surface area contributed by atoms with Crippen molar-refractivity contribution in [3.05, 3.63) is 64.3 Å². The number of rotatable bonds is 5. The van der Waals surface area contributed by atoms with Crippen LogP contribution in [-0.2, 0) is 16.4 Å². The third-order valence-electron chi connectivity index (χ3n) is 4.00. The summed E-state index contributed by atoms with van der Waals surface area (Å²) in [6.45, 7) is 2.00. The van der Waals surface area contributed by atoms with Crippen molar-refractivity contribution in [2.75, 3.05) is 6.61 Å². The highest BCUT2D eigenvalue weighted by molar-refractivity contribution is 9.10. The molecule has 0 fully saturated rings. The van der Waals surface area contributed by atoms with Crippen LogP contribution >= 0.6 is 15.9 Å². The van der Waals surface area contributed by atoms with Crippen LogP contribution in [0.15, 0.2) is 58.0 Å². The van der Waals surface area contributed by atoms with Gasteiger partial charge in [0, 0.05) is 22.7 Å². The van der Waals surface area contributed by atoms with Gasteiger partial charge < -0.3 is 5.11 Å². The number of aromatic nitrogens is 1. The Morgan fingerprint density at radius 2 is 1.83 bits per heavy atom. The molecule has 0 aliphatic heterocycles. The van der Waals surface area contributed by atoms with E-state index in [9.17, 15) is 8.42 Å². The first-order valence-corrected chi connectivity index (χ1v) is 9.89. The standard InChI is InChI=1S/C18H18BrNO3S/c1-13-4-7-16(8-5-13)24(22,23)20-12-14(3-2-10-21)17-11-15(19)6-9-18(17)20/h4-9,11-12,21H,2-3,10H2,1H3. The lowest BCUT2D eigenvalue weighted by Crippen LogP contribution is -2.11. The molecule has 0 saturated carbocycles. The molecule has 0 radical (unpaired) electrons. The Morgan fingerprint density at radius 1 is 1.12 bits per heavy atom. The van der Waals surface area contributed by atoms with E-state index in [2.05, 4.69) is 15.9 Å². The van der Waals surface area contributed by atoms with E-state index >= 15 is 0 Å². The van der Waals surface area contributed by atoms with Crippen molar-refractivity contribution in [1.82, 2.24) is 3.97 Å². The summed E-state index contributed by atoms with van der Waals surface area (Å²) in [5, 5.41) is 9.97. The van der Waals surface area contributed by atoms with Crippen LogP contribution in [0.3, 0.4) is 0 Å². The van der Waals surface area contributed by atoms with Gasteiger partial charge in [-0.3, -0.25) is 0 Å². The van der Waals surface area contributed by atoms with Gasteiger partial charge in [0.1, 0.15) is 0 Å². The van der Waals surface area contributed by atoms with Gasteiger partial charge in [-0.1, -0.05) is 33.6 Å². The number of nitrogens with zero attached hydrogens (tertiary/aromatic N) is 1. The molecule has 0 spiro atoms. The molecule has 0 bridgehead atoms. The van der Waals surface area contributed by atoms with Gasteiger partial charge in [0.05, 0.1) is 10.4 Å². The molecular formula is C18H18BrNO3S.